The second-order valence-electron chi connectivity index (χ2n) is 11.1. The van der Waals surface area contributed by atoms with Crippen LogP contribution in [-0.2, 0) is 32.6 Å². The summed E-state index contributed by atoms with van der Waals surface area (Å²) in [7, 11) is -4.19. The second kappa shape index (κ2) is 15.0. The summed E-state index contributed by atoms with van der Waals surface area (Å²) in [6.07, 6.45) is 0.262. The molecule has 1 atom stereocenters. The summed E-state index contributed by atoms with van der Waals surface area (Å²) >= 11 is 6.06. The number of carbonyl (C=O) groups is 2. The second-order valence-corrected chi connectivity index (χ2v) is 13.4. The molecule has 0 aliphatic rings. The van der Waals surface area contributed by atoms with E-state index in [0.29, 0.717) is 22.8 Å². The number of benzene rings is 4. The van der Waals surface area contributed by atoms with Crippen LogP contribution in [0.25, 0.3) is 0 Å². The quantitative estimate of drug-likeness (QED) is 0.189. The van der Waals surface area contributed by atoms with Crippen molar-refractivity contribution in [3.63, 3.8) is 0 Å². The van der Waals surface area contributed by atoms with E-state index in [0.717, 1.165) is 15.4 Å². The number of para-hydroxylation sites is 1. The first-order chi connectivity index (χ1) is 21.1. The Kier molecular flexibility index (Phi) is 11.2. The van der Waals surface area contributed by atoms with Crippen molar-refractivity contribution in [2.75, 3.05) is 17.4 Å². The molecule has 0 aliphatic heterocycles. The average Bonchev–Trinajstić information content (AvgIpc) is 3.02. The van der Waals surface area contributed by atoms with Gasteiger partial charge in [-0.25, -0.2) is 8.42 Å². The molecule has 0 heterocycles. The van der Waals surface area contributed by atoms with Crippen LogP contribution in [0.1, 0.15) is 30.5 Å². The first kappa shape index (κ1) is 32.8. The van der Waals surface area contributed by atoms with Gasteiger partial charge in [-0.1, -0.05) is 104 Å². The van der Waals surface area contributed by atoms with Crippen molar-refractivity contribution in [2.45, 2.75) is 44.7 Å². The Morgan fingerprint density at radius 3 is 1.95 bits per heavy atom. The number of aryl methyl sites for hydroxylation is 1. The van der Waals surface area contributed by atoms with E-state index in [1.165, 1.54) is 29.2 Å². The van der Waals surface area contributed by atoms with Crippen LogP contribution in [0, 0.1) is 12.8 Å². The number of anilines is 1. The molecule has 9 heteroatoms. The Labute approximate surface area is 265 Å². The number of nitrogens with zero attached hydrogens (tertiary/aromatic N) is 2. The predicted molar refractivity (Wildman–Crippen MR) is 176 cm³/mol. The monoisotopic (exact) mass is 631 g/mol. The van der Waals surface area contributed by atoms with Gasteiger partial charge in [-0.05, 0) is 59.9 Å². The number of halogens is 1. The molecule has 0 bridgehead atoms. The number of hydrogen-bond acceptors (Lipinski definition) is 4. The molecule has 7 nitrogen and oxygen atoms in total. The third-order valence-electron chi connectivity index (χ3n) is 7.22. The molecule has 0 spiro atoms. The highest BCUT2D eigenvalue weighted by Gasteiger charge is 2.35. The first-order valence-electron chi connectivity index (χ1n) is 14.5. The zero-order chi connectivity index (χ0) is 31.7. The van der Waals surface area contributed by atoms with Gasteiger partial charge in [0, 0.05) is 24.5 Å². The molecule has 0 saturated heterocycles. The van der Waals surface area contributed by atoms with Gasteiger partial charge in [-0.3, -0.25) is 13.9 Å². The molecule has 0 aliphatic carbocycles. The van der Waals surface area contributed by atoms with Crippen LogP contribution in [-0.4, -0.2) is 44.3 Å². The first-order valence-corrected chi connectivity index (χ1v) is 16.4. The maximum Gasteiger partial charge on any atom is 0.264 e. The zero-order valence-corrected chi connectivity index (χ0v) is 26.8. The predicted octanol–water partition coefficient (Wildman–Crippen LogP) is 6.26. The SMILES string of the molecule is Cc1ccccc1N(CC(=O)N(Cc1ccccc1)C(Cc1ccccc1)C(=O)NCC(C)C)S(=O)(=O)c1ccc(Cl)cc1. The van der Waals surface area contributed by atoms with Crippen LogP contribution in [0.3, 0.4) is 0 Å². The Morgan fingerprint density at radius 2 is 1.36 bits per heavy atom. The molecule has 0 aromatic heterocycles. The van der Waals surface area contributed by atoms with Crippen LogP contribution in [0.2, 0.25) is 5.02 Å². The van der Waals surface area contributed by atoms with Crippen LogP contribution in [0.4, 0.5) is 5.69 Å². The topological polar surface area (TPSA) is 86.8 Å². The van der Waals surface area contributed by atoms with Gasteiger partial charge in [0.2, 0.25) is 11.8 Å². The van der Waals surface area contributed by atoms with E-state index in [1.807, 2.05) is 80.6 Å². The van der Waals surface area contributed by atoms with E-state index in [4.69, 9.17) is 11.6 Å². The number of rotatable bonds is 13. The van der Waals surface area contributed by atoms with Gasteiger partial charge in [0.25, 0.3) is 10.0 Å². The molecule has 44 heavy (non-hydrogen) atoms. The van der Waals surface area contributed by atoms with E-state index in [-0.39, 0.29) is 29.7 Å². The number of sulfonamides is 1. The zero-order valence-electron chi connectivity index (χ0n) is 25.2. The van der Waals surface area contributed by atoms with E-state index in [1.54, 1.807) is 25.1 Å². The Bertz CT molecular complexity index is 1650. The maximum atomic E-state index is 14.5. The van der Waals surface area contributed by atoms with Crippen LogP contribution >= 0.6 is 11.6 Å². The lowest BCUT2D eigenvalue weighted by atomic mass is 10.0. The molecule has 1 unspecified atom stereocenters. The highest BCUT2D eigenvalue weighted by Crippen LogP contribution is 2.28. The lowest BCUT2D eigenvalue weighted by Crippen LogP contribution is -2.53. The Balaban J connectivity index is 1.79. The van der Waals surface area contributed by atoms with Crippen molar-refractivity contribution in [3.8, 4) is 0 Å². The molecule has 4 rings (SSSR count). The molecule has 0 radical (unpaired) electrons. The Morgan fingerprint density at radius 1 is 0.795 bits per heavy atom. The van der Waals surface area contributed by atoms with Crippen LogP contribution in [0.5, 0.6) is 0 Å². The molecule has 230 valence electrons. The maximum absolute atomic E-state index is 14.5. The van der Waals surface area contributed by atoms with Crippen molar-refractivity contribution >= 4 is 39.1 Å². The summed E-state index contributed by atoms with van der Waals surface area (Å²) in [6, 6.07) is 30.9. The number of amides is 2. The van der Waals surface area contributed by atoms with Crippen LogP contribution in [0.15, 0.2) is 114 Å². The van der Waals surface area contributed by atoms with Crippen molar-refractivity contribution in [1.82, 2.24) is 10.2 Å². The fraction of sp³-hybridized carbons (Fsp3) is 0.257. The van der Waals surface area contributed by atoms with Gasteiger partial charge in [-0.15, -0.1) is 0 Å². The molecular formula is C35H38ClN3O4S. The highest BCUT2D eigenvalue weighted by molar-refractivity contribution is 7.92. The van der Waals surface area contributed by atoms with Gasteiger partial charge >= 0.3 is 0 Å². The minimum absolute atomic E-state index is 0.00285. The molecule has 1 N–H and O–H groups in total. The molecule has 4 aromatic carbocycles. The molecule has 4 aromatic rings. The van der Waals surface area contributed by atoms with Crippen molar-refractivity contribution < 1.29 is 18.0 Å². The number of hydrogen-bond donors (Lipinski definition) is 1. The van der Waals surface area contributed by atoms with Gasteiger partial charge in [0.1, 0.15) is 12.6 Å². The number of carbonyl (C=O) groups excluding carboxylic acids is 2. The minimum atomic E-state index is -4.19. The summed E-state index contributed by atoms with van der Waals surface area (Å²) in [5.41, 5.74) is 2.76. The van der Waals surface area contributed by atoms with Gasteiger partial charge in [-0.2, -0.15) is 0 Å². The summed E-state index contributed by atoms with van der Waals surface area (Å²) < 4.78 is 29.4. The van der Waals surface area contributed by atoms with E-state index >= 15 is 0 Å². The molecule has 2 amide bonds. The van der Waals surface area contributed by atoms with E-state index < -0.39 is 28.5 Å². The minimum Gasteiger partial charge on any atom is -0.354 e. The van der Waals surface area contributed by atoms with Crippen molar-refractivity contribution in [3.05, 3.63) is 131 Å². The van der Waals surface area contributed by atoms with E-state index in [9.17, 15) is 18.0 Å². The fourth-order valence-corrected chi connectivity index (χ4v) is 6.45. The van der Waals surface area contributed by atoms with Crippen molar-refractivity contribution in [2.24, 2.45) is 5.92 Å². The molecule has 0 fully saturated rings. The van der Waals surface area contributed by atoms with Crippen molar-refractivity contribution in [1.29, 1.82) is 0 Å². The summed E-state index contributed by atoms with van der Waals surface area (Å²) in [6.45, 7) is 5.85. The largest absolute Gasteiger partial charge is 0.354 e. The lowest BCUT2D eigenvalue weighted by Gasteiger charge is -2.34. The molecule has 0 saturated carbocycles. The smallest absolute Gasteiger partial charge is 0.264 e. The number of nitrogens with one attached hydrogen (secondary N) is 1. The lowest BCUT2D eigenvalue weighted by molar-refractivity contribution is -0.140. The third kappa shape index (κ3) is 8.49. The van der Waals surface area contributed by atoms with Gasteiger partial charge in [0.05, 0.1) is 10.6 Å². The third-order valence-corrected chi connectivity index (χ3v) is 9.24. The average molecular weight is 632 g/mol. The fourth-order valence-electron chi connectivity index (χ4n) is 4.85. The highest BCUT2D eigenvalue weighted by atomic mass is 35.5. The van der Waals surface area contributed by atoms with Gasteiger partial charge in [0.15, 0.2) is 0 Å². The standard InChI is InChI=1S/C35H38ClN3O4S/c1-26(2)23-37-35(41)33(22-28-13-6-4-7-14-28)38(24-29-15-8-5-9-16-29)34(40)25-39(32-17-11-10-12-27(32)3)44(42,43)31-20-18-30(36)19-21-31/h4-21,26,33H,22-25H2,1-3H3,(H,37,41). The van der Waals surface area contributed by atoms with Crippen LogP contribution < -0.4 is 9.62 Å². The van der Waals surface area contributed by atoms with Gasteiger partial charge < -0.3 is 10.2 Å². The summed E-state index contributed by atoms with van der Waals surface area (Å²) in [5.74, 6) is -0.597. The summed E-state index contributed by atoms with van der Waals surface area (Å²) in [4.78, 5) is 29.8. The Hall–Kier alpha value is -4.14. The normalized spacial score (nSPS) is 12.0. The summed E-state index contributed by atoms with van der Waals surface area (Å²) in [5, 5.41) is 3.40. The molecular weight excluding hydrogens is 594 g/mol. The van der Waals surface area contributed by atoms with E-state index in [2.05, 4.69) is 5.32 Å².